The second-order valence-electron chi connectivity index (χ2n) is 5.69. The molecule has 3 rings (SSSR count). The van der Waals surface area contributed by atoms with Crippen LogP contribution in [0.25, 0.3) is 0 Å². The van der Waals surface area contributed by atoms with Gasteiger partial charge in [0.15, 0.2) is 5.16 Å². The Morgan fingerprint density at radius 3 is 2.80 bits per heavy atom. The lowest BCUT2D eigenvalue weighted by Crippen LogP contribution is -2.17. The quantitative estimate of drug-likeness (QED) is 0.661. The van der Waals surface area contributed by atoms with Crippen LogP contribution in [0.3, 0.4) is 0 Å². The van der Waals surface area contributed by atoms with E-state index in [0.717, 1.165) is 25.2 Å². The third-order valence-electron chi connectivity index (χ3n) is 3.82. The monoisotopic (exact) mass is 424 g/mol. The highest BCUT2D eigenvalue weighted by Gasteiger charge is 2.30. The van der Waals surface area contributed by atoms with Crippen LogP contribution in [-0.4, -0.2) is 37.5 Å². The summed E-state index contributed by atoms with van der Waals surface area (Å²) in [5.41, 5.74) is 0.317. The summed E-state index contributed by atoms with van der Waals surface area (Å²) < 4.78 is 2.68. The maximum atomic E-state index is 12.2. The van der Waals surface area contributed by atoms with Gasteiger partial charge in [-0.25, -0.2) is 4.79 Å². The molecule has 7 nitrogen and oxygen atoms in total. The average molecular weight is 425 g/mol. The number of benzene rings is 1. The smallest absolute Gasteiger partial charge is 0.337 e. The van der Waals surface area contributed by atoms with Crippen molar-refractivity contribution in [1.82, 2.24) is 14.8 Å². The van der Waals surface area contributed by atoms with Gasteiger partial charge in [0.25, 0.3) is 0 Å². The van der Waals surface area contributed by atoms with Gasteiger partial charge < -0.3 is 15.0 Å². The molecule has 0 radical (unpaired) electrons. The lowest BCUT2D eigenvalue weighted by Gasteiger charge is -2.09. The third-order valence-corrected chi connectivity index (χ3v) is 5.28. The van der Waals surface area contributed by atoms with Crippen LogP contribution in [-0.2, 0) is 11.3 Å². The van der Waals surface area contributed by atoms with E-state index in [-0.39, 0.29) is 22.9 Å². The molecule has 1 aliphatic rings. The second kappa shape index (κ2) is 7.57. The Kier molecular flexibility index (Phi) is 5.43. The van der Waals surface area contributed by atoms with Crippen LogP contribution in [0.1, 0.15) is 41.9 Å². The molecule has 0 bridgehead atoms. The van der Waals surface area contributed by atoms with Crippen molar-refractivity contribution >= 4 is 45.3 Å². The molecule has 0 saturated heterocycles. The minimum Gasteiger partial charge on any atom is -0.478 e. The van der Waals surface area contributed by atoms with Gasteiger partial charge in [0.1, 0.15) is 5.82 Å². The predicted octanol–water partition coefficient (Wildman–Crippen LogP) is 3.37. The normalized spacial score (nSPS) is 13.7. The van der Waals surface area contributed by atoms with Crippen molar-refractivity contribution in [3.63, 3.8) is 0 Å². The van der Waals surface area contributed by atoms with Gasteiger partial charge in [-0.1, -0.05) is 27.7 Å². The highest BCUT2D eigenvalue weighted by atomic mass is 79.9. The fourth-order valence-electron chi connectivity index (χ4n) is 2.47. The maximum Gasteiger partial charge on any atom is 0.337 e. The highest BCUT2D eigenvalue weighted by molar-refractivity contribution is 9.10. The molecule has 1 fully saturated rings. The van der Waals surface area contributed by atoms with Crippen LogP contribution in [0.2, 0.25) is 0 Å². The summed E-state index contributed by atoms with van der Waals surface area (Å²) in [5, 5.41) is 21.0. The predicted molar refractivity (Wildman–Crippen MR) is 98.1 cm³/mol. The van der Waals surface area contributed by atoms with Gasteiger partial charge in [-0.15, -0.1) is 10.2 Å². The fourth-order valence-corrected chi connectivity index (χ4v) is 3.64. The van der Waals surface area contributed by atoms with E-state index in [2.05, 4.69) is 31.4 Å². The Hall–Kier alpha value is -1.87. The van der Waals surface area contributed by atoms with Gasteiger partial charge >= 0.3 is 5.97 Å². The lowest BCUT2D eigenvalue weighted by atomic mass is 10.2. The average Bonchev–Trinajstić information content (AvgIpc) is 3.34. The number of carbonyl (C=O) groups excluding carboxylic acids is 1. The number of hydrogen-bond acceptors (Lipinski definition) is 5. The van der Waals surface area contributed by atoms with E-state index in [0.29, 0.717) is 15.5 Å². The summed E-state index contributed by atoms with van der Waals surface area (Å²) in [6, 6.07) is 4.71. The maximum absolute atomic E-state index is 12.2. The first-order valence-corrected chi connectivity index (χ1v) is 9.66. The van der Waals surface area contributed by atoms with E-state index in [9.17, 15) is 14.7 Å². The third kappa shape index (κ3) is 4.21. The Morgan fingerprint density at radius 2 is 2.16 bits per heavy atom. The molecular formula is C16H17BrN4O3S. The van der Waals surface area contributed by atoms with Crippen LogP contribution in [0.15, 0.2) is 27.8 Å². The first-order chi connectivity index (χ1) is 12.0. The van der Waals surface area contributed by atoms with Crippen LogP contribution in [0, 0.1) is 0 Å². The summed E-state index contributed by atoms with van der Waals surface area (Å²) in [6.07, 6.45) is 2.29. The lowest BCUT2D eigenvalue weighted by molar-refractivity contribution is -0.113. The van der Waals surface area contributed by atoms with Crippen LogP contribution in [0.5, 0.6) is 0 Å². The zero-order valence-electron chi connectivity index (χ0n) is 13.5. The summed E-state index contributed by atoms with van der Waals surface area (Å²) in [5.74, 6) is 0.248. The van der Waals surface area contributed by atoms with Crippen molar-refractivity contribution in [2.75, 3.05) is 11.1 Å². The van der Waals surface area contributed by atoms with Gasteiger partial charge in [0.05, 0.1) is 17.0 Å². The molecule has 2 aromatic rings. The molecule has 0 aliphatic heterocycles. The molecule has 1 saturated carbocycles. The molecular weight excluding hydrogens is 408 g/mol. The fraction of sp³-hybridized carbons (Fsp3) is 0.375. The number of hydrogen-bond donors (Lipinski definition) is 2. The number of halogens is 1. The van der Waals surface area contributed by atoms with Gasteiger partial charge in [-0.3, -0.25) is 4.79 Å². The van der Waals surface area contributed by atoms with Gasteiger partial charge in [-0.2, -0.15) is 0 Å². The van der Waals surface area contributed by atoms with Crippen molar-refractivity contribution in [2.24, 2.45) is 0 Å². The number of aromatic carboxylic acids is 1. The van der Waals surface area contributed by atoms with Crippen molar-refractivity contribution in [2.45, 2.75) is 37.4 Å². The first-order valence-electron chi connectivity index (χ1n) is 7.88. The summed E-state index contributed by atoms with van der Waals surface area (Å²) in [4.78, 5) is 23.5. The van der Waals surface area contributed by atoms with E-state index in [1.807, 2.05) is 11.5 Å². The number of carboxylic acids is 1. The molecule has 0 spiro atoms. The molecule has 0 atom stereocenters. The number of carbonyl (C=O) groups is 2. The molecule has 1 heterocycles. The molecule has 2 N–H and O–H groups in total. The van der Waals surface area contributed by atoms with Crippen LogP contribution < -0.4 is 5.32 Å². The SMILES string of the molecule is CCn1c(SCC(=O)Nc2ccc(Br)cc2C(=O)O)nnc1C1CC1. The van der Waals surface area contributed by atoms with E-state index < -0.39 is 5.97 Å². The number of rotatable bonds is 7. The number of nitrogens with zero attached hydrogens (tertiary/aromatic N) is 3. The standard InChI is InChI=1S/C16H17BrN4O3S/c1-2-21-14(9-3-4-9)19-20-16(21)25-8-13(22)18-12-6-5-10(17)7-11(12)15(23)24/h5-7,9H,2-4,8H2,1H3,(H,18,22)(H,23,24). The molecule has 1 aromatic carbocycles. The summed E-state index contributed by atoms with van der Waals surface area (Å²) in [7, 11) is 0. The number of thioether (sulfide) groups is 1. The number of aromatic nitrogens is 3. The molecule has 9 heteroatoms. The summed E-state index contributed by atoms with van der Waals surface area (Å²) in [6.45, 7) is 2.79. The zero-order valence-corrected chi connectivity index (χ0v) is 15.9. The molecule has 132 valence electrons. The van der Waals surface area contributed by atoms with Gasteiger partial charge in [-0.05, 0) is 38.0 Å². The Labute approximate surface area is 157 Å². The Bertz CT molecular complexity index is 820. The van der Waals surface area contributed by atoms with Crippen LogP contribution >= 0.6 is 27.7 Å². The van der Waals surface area contributed by atoms with E-state index >= 15 is 0 Å². The number of carboxylic acid groups (broad SMARTS) is 1. The van der Waals surface area contributed by atoms with Crippen molar-refractivity contribution in [3.05, 3.63) is 34.1 Å². The van der Waals surface area contributed by atoms with Crippen molar-refractivity contribution in [1.29, 1.82) is 0 Å². The van der Waals surface area contributed by atoms with Crippen molar-refractivity contribution in [3.8, 4) is 0 Å². The zero-order chi connectivity index (χ0) is 18.0. The topological polar surface area (TPSA) is 97.1 Å². The number of anilines is 1. The Morgan fingerprint density at radius 1 is 1.40 bits per heavy atom. The molecule has 1 aliphatic carbocycles. The van der Waals surface area contributed by atoms with E-state index in [1.54, 1.807) is 12.1 Å². The molecule has 1 aromatic heterocycles. The highest BCUT2D eigenvalue weighted by Crippen LogP contribution is 2.40. The van der Waals surface area contributed by atoms with E-state index in [1.165, 1.54) is 17.8 Å². The van der Waals surface area contributed by atoms with Gasteiger partial charge in [0.2, 0.25) is 5.91 Å². The number of nitrogens with one attached hydrogen (secondary N) is 1. The minimum atomic E-state index is -1.09. The Balaban J connectivity index is 1.65. The van der Waals surface area contributed by atoms with Gasteiger partial charge in [0, 0.05) is 16.9 Å². The van der Waals surface area contributed by atoms with Crippen LogP contribution in [0.4, 0.5) is 5.69 Å². The van der Waals surface area contributed by atoms with Crippen molar-refractivity contribution < 1.29 is 14.7 Å². The molecule has 0 unspecified atom stereocenters. The largest absolute Gasteiger partial charge is 0.478 e. The number of amides is 1. The minimum absolute atomic E-state index is 0.0421. The van der Waals surface area contributed by atoms with E-state index in [4.69, 9.17) is 0 Å². The molecule has 25 heavy (non-hydrogen) atoms. The molecule has 1 amide bonds. The second-order valence-corrected chi connectivity index (χ2v) is 7.55. The summed E-state index contributed by atoms with van der Waals surface area (Å²) >= 11 is 4.53. The first kappa shape index (κ1) is 17.9.